The number of quaternary nitrogens is 1. The Balaban J connectivity index is 0. The summed E-state index contributed by atoms with van der Waals surface area (Å²) in [6.07, 6.45) is 22.3. The van der Waals surface area contributed by atoms with Crippen LogP contribution in [0.2, 0.25) is 0 Å². The summed E-state index contributed by atoms with van der Waals surface area (Å²) in [5.41, 5.74) is 1.79. The molecule has 0 aromatic rings. The van der Waals surface area contributed by atoms with Crippen LogP contribution in [0.1, 0.15) is 79.1 Å². The number of hydrogen-bond donors (Lipinski definition) is 2. The maximum Gasteiger partial charge on any atom is 6.00 e. The fourth-order valence-corrected chi connectivity index (χ4v) is 5.82. The van der Waals surface area contributed by atoms with Gasteiger partial charge in [0.2, 0.25) is 0 Å². The standard InChI is InChI=1S/C16H36N.2C12H10N2O4.2CNS.Ru/c1-5-9-13-17(14-10-6-2,15-11-7-3)16-12-8-4;2*15-11(16)7-1-3-13-9(5-7)10-6-8(12(17)18)2-4-14-10;2*2-1-3;/h5-16H2,1-4H3;2*1-2,5-6H,3-4H2,(H,15,16)(H,17,18);;;/q+1;2*-2;2*-1;+6/p-2. The number of carboxylic acid groups (broad SMARTS) is 4. The number of thiocarbonyl (C=S) groups is 2. The van der Waals surface area contributed by atoms with Crippen LogP contribution >= 0.6 is 24.4 Å². The van der Waals surface area contributed by atoms with Crippen molar-refractivity contribution in [1.29, 1.82) is 0 Å². The largest absolute Gasteiger partial charge is 6.00 e. The minimum absolute atomic E-state index is 0. The quantitative estimate of drug-likeness (QED) is 0.0632. The summed E-state index contributed by atoms with van der Waals surface area (Å²) in [5.74, 6) is -4.66. The summed E-state index contributed by atoms with van der Waals surface area (Å²) >= 11 is 7.40. The average Bonchev–Trinajstić information content (AvgIpc) is 3.24. The molecule has 4 aliphatic rings. The van der Waals surface area contributed by atoms with Gasteiger partial charge in [0.1, 0.15) is 0 Å². The average molecular weight is 950 g/mol. The summed E-state index contributed by atoms with van der Waals surface area (Å²) in [4.78, 5) is 43.1. The maximum absolute atomic E-state index is 10.8. The van der Waals surface area contributed by atoms with E-state index in [9.17, 15) is 29.4 Å². The second-order valence-corrected chi connectivity index (χ2v) is 13.5. The Morgan fingerprint density at radius 3 is 0.983 bits per heavy atom. The molecule has 0 atom stereocenters. The van der Waals surface area contributed by atoms with E-state index in [2.05, 4.69) is 73.4 Å². The van der Waals surface area contributed by atoms with E-state index in [-0.39, 0.29) is 67.9 Å². The first-order chi connectivity index (χ1) is 28.2. The van der Waals surface area contributed by atoms with E-state index in [1.54, 1.807) is 0 Å². The van der Waals surface area contributed by atoms with Gasteiger partial charge in [0.15, 0.2) is 0 Å². The van der Waals surface area contributed by atoms with E-state index in [0.717, 1.165) is 0 Å². The van der Waals surface area contributed by atoms with Gasteiger partial charge in [-0.2, -0.15) is 33.1 Å². The van der Waals surface area contributed by atoms with Crippen LogP contribution < -0.4 is 10.2 Å². The molecule has 18 heteroatoms. The predicted molar refractivity (Wildman–Crippen MR) is 234 cm³/mol. The predicted octanol–water partition coefficient (Wildman–Crippen LogP) is 6.75. The Labute approximate surface area is 377 Å². The molecule has 2 N–H and O–H groups in total. The molecule has 326 valence electrons. The molecule has 0 radical (unpaired) electrons. The summed E-state index contributed by atoms with van der Waals surface area (Å²) in [6, 6.07) is 0. The van der Waals surface area contributed by atoms with E-state index in [4.69, 9.17) is 21.0 Å². The van der Waals surface area contributed by atoms with Crippen LogP contribution in [0.3, 0.4) is 0 Å². The number of rotatable bonds is 18. The molecule has 0 aromatic heterocycles. The number of isothiocyanates is 2. The van der Waals surface area contributed by atoms with Gasteiger partial charge in [-0.3, -0.25) is 0 Å². The number of carbonyl (C=O) groups is 4. The number of unbranched alkanes of at least 4 members (excludes halogenated alkanes) is 4. The van der Waals surface area contributed by atoms with Gasteiger partial charge < -0.3 is 66.6 Å². The van der Waals surface area contributed by atoms with Crippen molar-refractivity contribution in [1.82, 2.24) is 0 Å². The monoisotopic (exact) mass is 950 g/mol. The summed E-state index contributed by atoms with van der Waals surface area (Å²) in [5, 5.41) is 72.5. The zero-order valence-electron chi connectivity index (χ0n) is 34.6. The molecule has 0 aromatic carbocycles. The molecule has 0 bridgehead atoms. The number of nitrogens with zero attached hydrogens (tertiary/aromatic N) is 7. The maximum atomic E-state index is 10.8. The Bertz CT molecular complexity index is 1510. The molecule has 0 unspecified atom stereocenters. The van der Waals surface area contributed by atoms with Crippen LogP contribution in [0, 0.1) is 0 Å². The number of carbonyl (C=O) groups excluding carboxylic acids is 2. The van der Waals surface area contributed by atoms with Gasteiger partial charge in [0.25, 0.3) is 0 Å². The number of carboxylic acids is 4. The molecule has 0 amide bonds. The van der Waals surface area contributed by atoms with Crippen molar-refractivity contribution in [2.75, 3.05) is 52.4 Å². The zero-order chi connectivity index (χ0) is 44.6. The Morgan fingerprint density at radius 1 is 0.567 bits per heavy atom. The fourth-order valence-electron chi connectivity index (χ4n) is 5.82. The van der Waals surface area contributed by atoms with Gasteiger partial charge in [0, 0.05) is 0 Å². The minimum atomic E-state index is -1.28. The van der Waals surface area contributed by atoms with Crippen LogP contribution in [0.5, 0.6) is 0 Å². The molecule has 0 aliphatic carbocycles. The summed E-state index contributed by atoms with van der Waals surface area (Å²) < 4.78 is 1.42. The Hall–Kier alpha value is -4.82. The van der Waals surface area contributed by atoms with Crippen molar-refractivity contribution in [2.45, 2.75) is 79.1 Å². The van der Waals surface area contributed by atoms with E-state index in [1.165, 1.54) is 141 Å². The van der Waals surface area contributed by atoms with E-state index < -0.39 is 23.9 Å². The van der Waals surface area contributed by atoms with Crippen LogP contribution in [-0.2, 0) is 38.7 Å². The molecule has 4 rings (SSSR count). The van der Waals surface area contributed by atoms with Gasteiger partial charge in [-0.1, -0.05) is 126 Å². The van der Waals surface area contributed by atoms with Crippen LogP contribution in [0.4, 0.5) is 0 Å². The molecular weight excluding hydrogens is 896 g/mol. The van der Waals surface area contributed by atoms with Crippen molar-refractivity contribution in [3.05, 3.63) is 126 Å². The van der Waals surface area contributed by atoms with Gasteiger partial charge >= 0.3 is 31.4 Å². The Morgan fingerprint density at radius 2 is 0.783 bits per heavy atom. The third kappa shape index (κ3) is 23.1. The minimum Gasteiger partial charge on any atom is -0.753 e. The van der Waals surface area contributed by atoms with Crippen molar-refractivity contribution < 1.29 is 63.6 Å². The smallest absolute Gasteiger partial charge is 0.753 e. The third-order valence-electron chi connectivity index (χ3n) is 8.89. The zero-order valence-corrected chi connectivity index (χ0v) is 37.9. The van der Waals surface area contributed by atoms with Crippen LogP contribution in [0.25, 0.3) is 32.1 Å². The SMILES string of the molecule is CCCC[N+](CCCC)(CCCC)CCCC.O=C([O-])C1=CC[N-]C(C2=CC(C(=O)O)=CC[N-]2)=C1.O=C([O-])C1=CC[N-]C(C2=CC(C(=O)O)=CC[N-]2)=C1.[N-]=C=S.[N-]=C=S.[Ru+6]. The van der Waals surface area contributed by atoms with Crippen molar-refractivity contribution in [2.24, 2.45) is 0 Å². The topological polar surface area (TPSA) is 256 Å². The molecule has 4 aliphatic heterocycles. The Kier molecular flexibility index (Phi) is 32.4. The van der Waals surface area contributed by atoms with E-state index >= 15 is 0 Å². The molecule has 0 spiro atoms. The van der Waals surface area contributed by atoms with Gasteiger partial charge in [-0.15, -0.1) is 26.2 Å². The van der Waals surface area contributed by atoms with Gasteiger partial charge in [-0.05, 0) is 36.8 Å². The first-order valence-electron chi connectivity index (χ1n) is 19.4. The number of aliphatic carboxylic acids is 4. The molecule has 15 nitrogen and oxygen atoms in total. The van der Waals surface area contributed by atoms with Crippen molar-refractivity contribution in [3.8, 4) is 0 Å². The van der Waals surface area contributed by atoms with Crippen LogP contribution in [0.15, 0.2) is 93.7 Å². The first kappa shape index (κ1) is 57.3. The summed E-state index contributed by atoms with van der Waals surface area (Å²) in [6.45, 7) is 15.9. The third-order valence-corrected chi connectivity index (χ3v) is 8.89. The van der Waals surface area contributed by atoms with Gasteiger partial charge in [-0.25, -0.2) is 9.59 Å². The van der Waals surface area contributed by atoms with E-state index in [1.807, 2.05) is 0 Å². The molecule has 0 saturated heterocycles. The molecular formula is C42H54N7O8RuS2-. The fraction of sp³-hybridized carbons (Fsp3) is 0.476. The number of hydrogen-bond acceptors (Lipinski definition) is 8. The van der Waals surface area contributed by atoms with Crippen molar-refractivity contribution >= 4 is 58.6 Å². The second-order valence-electron chi connectivity index (χ2n) is 13.1. The first-order valence-corrected chi connectivity index (χ1v) is 20.2. The molecule has 0 fully saturated rings. The van der Waals surface area contributed by atoms with Gasteiger partial charge in [0.05, 0.1) is 49.3 Å². The van der Waals surface area contributed by atoms with Crippen molar-refractivity contribution in [3.63, 3.8) is 0 Å². The molecule has 4 heterocycles. The normalized spacial score (nSPS) is 14.7. The molecule has 0 saturated carbocycles. The second kappa shape index (κ2) is 34.0. The van der Waals surface area contributed by atoms with Crippen LogP contribution in [-0.4, -0.2) is 101 Å². The molecule has 60 heavy (non-hydrogen) atoms. The summed E-state index contributed by atoms with van der Waals surface area (Å²) in [7, 11) is 0. The van der Waals surface area contributed by atoms with E-state index in [0.29, 0.717) is 22.8 Å².